The quantitative estimate of drug-likeness (QED) is 0.640. The van der Waals surface area contributed by atoms with Crippen LogP contribution < -0.4 is 10.6 Å². The number of anilines is 1. The van der Waals surface area contributed by atoms with Gasteiger partial charge in [-0.05, 0) is 42.8 Å². The van der Waals surface area contributed by atoms with Crippen LogP contribution in [-0.2, 0) is 9.53 Å². The topological polar surface area (TPSA) is 55.6 Å². The minimum Gasteiger partial charge on any atom is -0.467 e. The SMILES string of the molecule is COC(=O)C(CCSC)N(C(N)=S)c1ccccc1. The summed E-state index contributed by atoms with van der Waals surface area (Å²) in [7, 11) is 1.37. The van der Waals surface area contributed by atoms with Gasteiger partial charge in [-0.15, -0.1) is 0 Å². The van der Waals surface area contributed by atoms with Gasteiger partial charge in [0.15, 0.2) is 5.11 Å². The van der Waals surface area contributed by atoms with Gasteiger partial charge >= 0.3 is 5.97 Å². The number of thioether (sulfide) groups is 1. The molecule has 0 bridgehead atoms. The number of ether oxygens (including phenoxy) is 1. The third-order valence-corrected chi connectivity index (χ3v) is 3.49. The molecule has 1 unspecified atom stereocenters. The van der Waals surface area contributed by atoms with Gasteiger partial charge in [-0.2, -0.15) is 11.8 Å². The average molecular weight is 298 g/mol. The van der Waals surface area contributed by atoms with Gasteiger partial charge in [-0.1, -0.05) is 18.2 Å². The lowest BCUT2D eigenvalue weighted by atomic mass is 10.1. The van der Waals surface area contributed by atoms with E-state index < -0.39 is 6.04 Å². The normalized spacial score (nSPS) is 11.7. The van der Waals surface area contributed by atoms with Crippen molar-refractivity contribution >= 4 is 40.7 Å². The predicted octanol–water partition coefficient (Wildman–Crippen LogP) is 2.03. The largest absolute Gasteiger partial charge is 0.467 e. The molecule has 0 fully saturated rings. The number of rotatable bonds is 6. The van der Waals surface area contributed by atoms with E-state index in [1.165, 1.54) is 7.11 Å². The first-order valence-electron chi connectivity index (χ1n) is 5.82. The molecule has 0 heterocycles. The zero-order valence-corrected chi connectivity index (χ0v) is 12.7. The zero-order chi connectivity index (χ0) is 14.3. The number of carbonyl (C=O) groups excluding carboxylic acids is 1. The molecule has 1 rings (SSSR count). The summed E-state index contributed by atoms with van der Waals surface area (Å²) >= 11 is 6.75. The van der Waals surface area contributed by atoms with Crippen LogP contribution >= 0.6 is 24.0 Å². The first-order chi connectivity index (χ1) is 9.11. The molecule has 2 N–H and O–H groups in total. The molecule has 0 saturated carbocycles. The highest BCUT2D eigenvalue weighted by Crippen LogP contribution is 2.20. The van der Waals surface area contributed by atoms with Gasteiger partial charge in [0.2, 0.25) is 0 Å². The molecule has 0 aromatic heterocycles. The second kappa shape index (κ2) is 8.01. The molecule has 104 valence electrons. The second-order valence-corrected chi connectivity index (χ2v) is 5.27. The third-order valence-electron chi connectivity index (χ3n) is 2.65. The van der Waals surface area contributed by atoms with Gasteiger partial charge in [-0.25, -0.2) is 4.79 Å². The van der Waals surface area contributed by atoms with Crippen molar-refractivity contribution in [1.29, 1.82) is 0 Å². The molecule has 0 aliphatic heterocycles. The van der Waals surface area contributed by atoms with Crippen molar-refractivity contribution in [3.05, 3.63) is 30.3 Å². The highest BCUT2D eigenvalue weighted by Gasteiger charge is 2.28. The first kappa shape index (κ1) is 15.8. The lowest BCUT2D eigenvalue weighted by molar-refractivity contribution is -0.142. The summed E-state index contributed by atoms with van der Waals surface area (Å²) in [5, 5.41) is 0.169. The van der Waals surface area contributed by atoms with Gasteiger partial charge in [0.05, 0.1) is 7.11 Å². The maximum Gasteiger partial charge on any atom is 0.328 e. The Kier molecular flexibility index (Phi) is 6.66. The van der Waals surface area contributed by atoms with Crippen LogP contribution in [0.15, 0.2) is 30.3 Å². The fourth-order valence-corrected chi connectivity index (χ4v) is 2.46. The van der Waals surface area contributed by atoms with Crippen molar-refractivity contribution in [3.8, 4) is 0 Å². The van der Waals surface area contributed by atoms with Crippen molar-refractivity contribution < 1.29 is 9.53 Å². The van der Waals surface area contributed by atoms with Gasteiger partial charge in [0.25, 0.3) is 0 Å². The van der Waals surface area contributed by atoms with Crippen LogP contribution in [0.5, 0.6) is 0 Å². The number of nitrogens with zero attached hydrogens (tertiary/aromatic N) is 1. The summed E-state index contributed by atoms with van der Waals surface area (Å²) in [4.78, 5) is 13.6. The van der Waals surface area contributed by atoms with Crippen LogP contribution in [0.25, 0.3) is 0 Å². The highest BCUT2D eigenvalue weighted by atomic mass is 32.2. The summed E-state index contributed by atoms with van der Waals surface area (Å²) < 4.78 is 4.86. The van der Waals surface area contributed by atoms with Crippen molar-refractivity contribution in [2.75, 3.05) is 24.0 Å². The Morgan fingerprint density at radius 2 is 2.11 bits per heavy atom. The number of hydrogen-bond donors (Lipinski definition) is 1. The zero-order valence-electron chi connectivity index (χ0n) is 11.0. The van der Waals surface area contributed by atoms with Crippen LogP contribution in [0.1, 0.15) is 6.42 Å². The van der Waals surface area contributed by atoms with Gasteiger partial charge in [0.1, 0.15) is 6.04 Å². The Hall–Kier alpha value is -1.27. The molecule has 4 nitrogen and oxygen atoms in total. The minimum absolute atomic E-state index is 0.169. The Labute approximate surface area is 123 Å². The summed E-state index contributed by atoms with van der Waals surface area (Å²) in [6, 6.07) is 8.91. The Morgan fingerprint density at radius 1 is 1.47 bits per heavy atom. The summed E-state index contributed by atoms with van der Waals surface area (Å²) in [5.41, 5.74) is 6.57. The van der Waals surface area contributed by atoms with E-state index in [2.05, 4.69) is 0 Å². The van der Waals surface area contributed by atoms with E-state index in [4.69, 9.17) is 22.7 Å². The van der Waals surface area contributed by atoms with Crippen molar-refractivity contribution in [2.24, 2.45) is 5.73 Å². The number of hydrogen-bond acceptors (Lipinski definition) is 4. The number of methoxy groups -OCH3 is 1. The van der Waals surface area contributed by atoms with E-state index in [9.17, 15) is 4.79 Å². The summed E-state index contributed by atoms with van der Waals surface area (Å²) in [6.45, 7) is 0. The summed E-state index contributed by atoms with van der Waals surface area (Å²) in [5.74, 6) is 0.497. The molecule has 19 heavy (non-hydrogen) atoms. The summed E-state index contributed by atoms with van der Waals surface area (Å²) in [6.07, 6.45) is 2.61. The van der Waals surface area contributed by atoms with Crippen molar-refractivity contribution in [1.82, 2.24) is 0 Å². The number of thiocarbonyl (C=S) groups is 1. The fraction of sp³-hybridized carbons (Fsp3) is 0.385. The molecule has 0 radical (unpaired) electrons. The molecule has 0 spiro atoms. The number of benzene rings is 1. The van der Waals surface area contributed by atoms with Crippen LogP contribution in [0, 0.1) is 0 Å². The van der Waals surface area contributed by atoms with E-state index in [0.717, 1.165) is 11.4 Å². The standard InChI is InChI=1S/C13H18N2O2S2/c1-17-12(16)11(8-9-19-2)15(13(14)18)10-6-4-3-5-7-10/h3-7,11H,8-9H2,1-2H3,(H2,14,18). The molecular formula is C13H18N2O2S2. The van der Waals surface area contributed by atoms with Crippen molar-refractivity contribution in [3.63, 3.8) is 0 Å². The van der Waals surface area contributed by atoms with Crippen LogP contribution in [0.4, 0.5) is 5.69 Å². The van der Waals surface area contributed by atoms with Gasteiger partial charge in [-0.3, -0.25) is 0 Å². The van der Waals surface area contributed by atoms with E-state index in [0.29, 0.717) is 6.42 Å². The Balaban J connectivity index is 3.05. The molecule has 0 aliphatic carbocycles. The third kappa shape index (κ3) is 4.40. The molecule has 0 aliphatic rings. The Bertz CT molecular complexity index is 426. The Morgan fingerprint density at radius 3 is 2.58 bits per heavy atom. The number of nitrogens with two attached hydrogens (primary N) is 1. The molecule has 1 aromatic rings. The van der Waals surface area contributed by atoms with Gasteiger partial charge in [0, 0.05) is 5.69 Å². The minimum atomic E-state index is -0.489. The van der Waals surface area contributed by atoms with E-state index >= 15 is 0 Å². The van der Waals surface area contributed by atoms with E-state index in [1.54, 1.807) is 16.7 Å². The monoisotopic (exact) mass is 298 g/mol. The lowest BCUT2D eigenvalue weighted by Crippen LogP contribution is -2.48. The van der Waals surface area contributed by atoms with Crippen LogP contribution in [0.3, 0.4) is 0 Å². The van der Waals surface area contributed by atoms with Crippen LogP contribution in [-0.4, -0.2) is 36.2 Å². The second-order valence-electron chi connectivity index (χ2n) is 3.86. The first-order valence-corrected chi connectivity index (χ1v) is 7.62. The van der Waals surface area contributed by atoms with Crippen LogP contribution in [0.2, 0.25) is 0 Å². The predicted molar refractivity (Wildman–Crippen MR) is 84.5 cm³/mol. The highest BCUT2D eigenvalue weighted by molar-refractivity contribution is 7.98. The number of esters is 1. The molecular weight excluding hydrogens is 280 g/mol. The maximum atomic E-state index is 11.9. The van der Waals surface area contributed by atoms with E-state index in [-0.39, 0.29) is 11.1 Å². The van der Waals surface area contributed by atoms with Gasteiger partial charge < -0.3 is 15.4 Å². The number of carbonyl (C=O) groups is 1. The smallest absolute Gasteiger partial charge is 0.328 e. The lowest BCUT2D eigenvalue weighted by Gasteiger charge is -2.30. The molecule has 1 aromatic carbocycles. The molecule has 1 atom stereocenters. The molecule has 0 amide bonds. The van der Waals surface area contributed by atoms with Crippen molar-refractivity contribution in [2.45, 2.75) is 12.5 Å². The number of para-hydroxylation sites is 1. The average Bonchev–Trinajstić information content (AvgIpc) is 2.43. The fourth-order valence-electron chi connectivity index (χ4n) is 1.77. The molecule has 0 saturated heterocycles. The van der Waals surface area contributed by atoms with E-state index in [1.807, 2.05) is 36.6 Å². The maximum absolute atomic E-state index is 11.9. The molecule has 6 heteroatoms.